The third kappa shape index (κ3) is 4.32. The molecule has 4 nitrogen and oxygen atoms in total. The number of esters is 1. The van der Waals surface area contributed by atoms with Crippen LogP contribution in [0.25, 0.3) is 5.69 Å². The number of carbonyl (C=O) groups excluding carboxylic acids is 1. The zero-order chi connectivity index (χ0) is 22.1. The van der Waals surface area contributed by atoms with Gasteiger partial charge >= 0.3 is 5.97 Å². The van der Waals surface area contributed by atoms with Crippen molar-refractivity contribution in [2.75, 3.05) is 6.61 Å². The summed E-state index contributed by atoms with van der Waals surface area (Å²) >= 11 is 14.1. The lowest BCUT2D eigenvalue weighted by Crippen LogP contribution is -2.09. The highest BCUT2D eigenvalue weighted by Gasteiger charge is 2.26. The maximum absolute atomic E-state index is 12.7. The van der Waals surface area contributed by atoms with Crippen molar-refractivity contribution in [3.05, 3.63) is 67.3 Å². The van der Waals surface area contributed by atoms with Crippen LogP contribution in [0.5, 0.6) is 0 Å². The Morgan fingerprint density at radius 2 is 2.00 bits per heavy atom. The van der Waals surface area contributed by atoms with Crippen LogP contribution in [-0.4, -0.2) is 23.4 Å². The maximum Gasteiger partial charge on any atom is 0.341 e. The molecule has 0 N–H and O–H groups in total. The number of rotatable bonds is 5. The highest BCUT2D eigenvalue weighted by molar-refractivity contribution is 7.16. The highest BCUT2D eigenvalue weighted by atomic mass is 35.5. The Balaban J connectivity index is 1.73. The molecule has 2 heterocycles. The predicted octanol–water partition coefficient (Wildman–Crippen LogP) is 7.27. The maximum atomic E-state index is 12.7. The zero-order valence-corrected chi connectivity index (χ0v) is 20.1. The molecule has 0 fully saturated rings. The van der Waals surface area contributed by atoms with Crippen molar-refractivity contribution in [3.8, 4) is 5.69 Å². The first-order valence-electron chi connectivity index (χ1n) is 10.4. The van der Waals surface area contributed by atoms with Gasteiger partial charge in [-0.25, -0.2) is 9.79 Å². The summed E-state index contributed by atoms with van der Waals surface area (Å²) in [5.74, 6) is -0.271. The van der Waals surface area contributed by atoms with Crippen molar-refractivity contribution in [2.24, 2.45) is 4.99 Å². The van der Waals surface area contributed by atoms with Crippen molar-refractivity contribution in [1.29, 1.82) is 0 Å². The number of aryl methyl sites for hydroxylation is 2. The van der Waals surface area contributed by atoms with Crippen LogP contribution in [0.3, 0.4) is 0 Å². The number of aromatic nitrogens is 1. The van der Waals surface area contributed by atoms with Gasteiger partial charge < -0.3 is 9.30 Å². The number of ether oxygens (including phenoxy) is 1. The molecule has 3 aromatic rings. The number of hydrogen-bond donors (Lipinski definition) is 0. The summed E-state index contributed by atoms with van der Waals surface area (Å²) in [6, 6.07) is 7.56. The van der Waals surface area contributed by atoms with Gasteiger partial charge in [0, 0.05) is 33.1 Å². The Bertz CT molecular complexity index is 1180. The van der Waals surface area contributed by atoms with Crippen molar-refractivity contribution < 1.29 is 9.53 Å². The summed E-state index contributed by atoms with van der Waals surface area (Å²) in [5.41, 5.74) is 5.68. The van der Waals surface area contributed by atoms with E-state index in [2.05, 4.69) is 10.6 Å². The van der Waals surface area contributed by atoms with Crippen LogP contribution in [0.1, 0.15) is 57.5 Å². The lowest BCUT2D eigenvalue weighted by Gasteiger charge is -2.12. The molecule has 1 aliphatic carbocycles. The van der Waals surface area contributed by atoms with E-state index in [4.69, 9.17) is 32.9 Å². The van der Waals surface area contributed by atoms with E-state index in [1.165, 1.54) is 4.88 Å². The van der Waals surface area contributed by atoms with Crippen molar-refractivity contribution in [2.45, 2.75) is 46.5 Å². The second-order valence-electron chi connectivity index (χ2n) is 7.63. The Kier molecular flexibility index (Phi) is 6.56. The molecule has 1 aliphatic rings. The summed E-state index contributed by atoms with van der Waals surface area (Å²) in [7, 11) is 0. The topological polar surface area (TPSA) is 43.6 Å². The van der Waals surface area contributed by atoms with Gasteiger partial charge in [0.1, 0.15) is 5.00 Å². The van der Waals surface area contributed by atoms with E-state index in [0.717, 1.165) is 58.9 Å². The van der Waals surface area contributed by atoms with E-state index >= 15 is 0 Å². The van der Waals surface area contributed by atoms with E-state index in [1.54, 1.807) is 17.4 Å². The smallest absolute Gasteiger partial charge is 0.341 e. The van der Waals surface area contributed by atoms with E-state index in [9.17, 15) is 4.79 Å². The van der Waals surface area contributed by atoms with Crippen LogP contribution in [0.4, 0.5) is 5.00 Å². The molecule has 2 aromatic heterocycles. The Hall–Kier alpha value is -2.08. The SMILES string of the molecule is CCOC(=O)c1c(N=Cc2cc(C)n(-c3ccc(Cl)cc3Cl)c2C)sc2c1CCCC2. The Morgan fingerprint density at radius 1 is 1.23 bits per heavy atom. The molecule has 0 atom stereocenters. The fourth-order valence-electron chi connectivity index (χ4n) is 4.14. The van der Waals surface area contributed by atoms with Crippen LogP contribution in [0.2, 0.25) is 10.0 Å². The minimum Gasteiger partial charge on any atom is -0.462 e. The van der Waals surface area contributed by atoms with Gasteiger partial charge in [-0.05, 0) is 76.3 Å². The number of nitrogens with zero attached hydrogens (tertiary/aromatic N) is 2. The summed E-state index contributed by atoms with van der Waals surface area (Å²) in [5, 5.41) is 1.93. The molecule has 0 amide bonds. The van der Waals surface area contributed by atoms with Crippen molar-refractivity contribution in [1.82, 2.24) is 4.57 Å². The van der Waals surface area contributed by atoms with E-state index in [0.29, 0.717) is 22.2 Å². The largest absolute Gasteiger partial charge is 0.462 e. The first-order valence-corrected chi connectivity index (χ1v) is 12.0. The number of halogens is 2. The second kappa shape index (κ2) is 9.19. The third-order valence-corrected chi connectivity index (χ3v) is 7.31. The molecule has 0 unspecified atom stereocenters. The predicted molar refractivity (Wildman–Crippen MR) is 129 cm³/mol. The van der Waals surface area contributed by atoms with Crippen LogP contribution in [0, 0.1) is 13.8 Å². The van der Waals surface area contributed by atoms with Gasteiger partial charge in [-0.15, -0.1) is 11.3 Å². The molecule has 0 aliphatic heterocycles. The second-order valence-corrected chi connectivity index (χ2v) is 9.55. The fourth-order valence-corrected chi connectivity index (χ4v) is 5.85. The van der Waals surface area contributed by atoms with Crippen molar-refractivity contribution >= 4 is 51.7 Å². The first-order chi connectivity index (χ1) is 14.9. The number of aliphatic imine (C=N–C) groups is 1. The van der Waals surface area contributed by atoms with Crippen molar-refractivity contribution in [3.63, 3.8) is 0 Å². The third-order valence-electron chi connectivity index (χ3n) is 5.57. The monoisotopic (exact) mass is 474 g/mol. The summed E-state index contributed by atoms with van der Waals surface area (Å²) < 4.78 is 7.43. The van der Waals surface area contributed by atoms with Crippen LogP contribution >= 0.6 is 34.5 Å². The summed E-state index contributed by atoms with van der Waals surface area (Å²) in [6.07, 6.45) is 6.01. The standard InChI is InChI=1S/C24H24Cl2N2O2S/c1-4-30-24(29)22-18-7-5-6-8-21(18)31-23(22)27-13-16-11-14(2)28(15(16)3)20-10-9-17(25)12-19(20)26/h9-13H,4-8H2,1-3H3. The molecular weight excluding hydrogens is 451 g/mol. The van der Waals surface area contributed by atoms with E-state index < -0.39 is 0 Å². The van der Waals surface area contributed by atoms with Crippen LogP contribution in [0.15, 0.2) is 29.3 Å². The van der Waals surface area contributed by atoms with Gasteiger partial charge in [0.15, 0.2) is 0 Å². The molecule has 7 heteroatoms. The Labute approximate surface area is 196 Å². The zero-order valence-electron chi connectivity index (χ0n) is 17.8. The molecular formula is C24H24Cl2N2O2S. The van der Waals surface area contributed by atoms with Gasteiger partial charge in [-0.2, -0.15) is 0 Å². The van der Waals surface area contributed by atoms with E-state index in [1.807, 2.05) is 39.1 Å². The van der Waals surface area contributed by atoms with Crippen LogP contribution < -0.4 is 0 Å². The van der Waals surface area contributed by atoms with Gasteiger partial charge in [0.2, 0.25) is 0 Å². The molecule has 4 rings (SSSR count). The van der Waals surface area contributed by atoms with Gasteiger partial charge in [-0.3, -0.25) is 0 Å². The van der Waals surface area contributed by atoms with Crippen LogP contribution in [-0.2, 0) is 17.6 Å². The number of fused-ring (bicyclic) bond motifs is 1. The molecule has 0 radical (unpaired) electrons. The minimum atomic E-state index is -0.271. The molecule has 31 heavy (non-hydrogen) atoms. The molecule has 1 aromatic carbocycles. The molecule has 162 valence electrons. The number of thiophene rings is 1. The molecule has 0 saturated carbocycles. The van der Waals surface area contributed by atoms with Gasteiger partial charge in [0.05, 0.1) is 22.9 Å². The van der Waals surface area contributed by atoms with Gasteiger partial charge in [-0.1, -0.05) is 23.2 Å². The Morgan fingerprint density at radius 3 is 2.74 bits per heavy atom. The normalized spacial score (nSPS) is 13.6. The minimum absolute atomic E-state index is 0.271. The molecule has 0 saturated heterocycles. The first kappa shape index (κ1) is 22.1. The molecule has 0 bridgehead atoms. The summed E-state index contributed by atoms with van der Waals surface area (Å²) in [6.45, 7) is 6.25. The highest BCUT2D eigenvalue weighted by Crippen LogP contribution is 2.40. The average Bonchev–Trinajstić information content (AvgIpc) is 3.24. The van der Waals surface area contributed by atoms with E-state index in [-0.39, 0.29) is 5.97 Å². The average molecular weight is 475 g/mol. The number of hydrogen-bond acceptors (Lipinski definition) is 4. The lowest BCUT2D eigenvalue weighted by molar-refractivity contribution is 0.0526. The fraction of sp³-hybridized carbons (Fsp3) is 0.333. The summed E-state index contributed by atoms with van der Waals surface area (Å²) in [4.78, 5) is 18.7. The quantitative estimate of drug-likeness (QED) is 0.288. The number of carbonyl (C=O) groups is 1. The van der Waals surface area contributed by atoms with Gasteiger partial charge in [0.25, 0.3) is 0 Å². The molecule has 0 spiro atoms. The number of benzene rings is 1. The lowest BCUT2D eigenvalue weighted by atomic mass is 9.95.